The first-order valence-electron chi connectivity index (χ1n) is 6.07. The van der Waals surface area contributed by atoms with Gasteiger partial charge in [-0.1, -0.05) is 6.07 Å². The van der Waals surface area contributed by atoms with Gasteiger partial charge in [-0.2, -0.15) is 0 Å². The van der Waals surface area contributed by atoms with Crippen molar-refractivity contribution in [3.63, 3.8) is 0 Å². The zero-order chi connectivity index (χ0) is 14.1. The molecular weight excluding hydrogens is 290 g/mol. The largest absolute Gasteiger partial charge is 0.397 e. The average Bonchev–Trinajstić information content (AvgIpc) is 3.07. The Hall–Kier alpha value is -1.92. The number of amides is 1. The van der Waals surface area contributed by atoms with Gasteiger partial charge in [-0.15, -0.1) is 22.7 Å². The Kier molecular flexibility index (Phi) is 3.42. The highest BCUT2D eigenvalue weighted by atomic mass is 32.1. The summed E-state index contributed by atoms with van der Waals surface area (Å²) in [4.78, 5) is 21.0. The SMILES string of the molecule is CN(Cc1cccs1)C(=O)c1sc2ncccc2c1N. The zero-order valence-corrected chi connectivity index (χ0v) is 12.5. The molecule has 3 aromatic rings. The lowest BCUT2D eigenvalue weighted by atomic mass is 10.2. The van der Waals surface area contributed by atoms with Crippen LogP contribution in [0.3, 0.4) is 0 Å². The van der Waals surface area contributed by atoms with Crippen molar-refractivity contribution in [2.75, 3.05) is 12.8 Å². The van der Waals surface area contributed by atoms with Crippen LogP contribution in [-0.4, -0.2) is 22.8 Å². The molecule has 0 unspecified atom stereocenters. The average molecular weight is 303 g/mol. The Labute approximate surface area is 124 Å². The number of anilines is 1. The molecule has 0 spiro atoms. The molecule has 0 aliphatic heterocycles. The topological polar surface area (TPSA) is 59.2 Å². The normalized spacial score (nSPS) is 10.8. The molecule has 1 amide bonds. The van der Waals surface area contributed by atoms with Crippen LogP contribution in [0.2, 0.25) is 0 Å². The fourth-order valence-electron chi connectivity index (χ4n) is 1.99. The number of rotatable bonds is 3. The molecule has 0 atom stereocenters. The number of hydrogen-bond donors (Lipinski definition) is 1. The number of hydrogen-bond acceptors (Lipinski definition) is 5. The first-order valence-corrected chi connectivity index (χ1v) is 7.77. The van der Waals surface area contributed by atoms with Crippen LogP contribution in [0.5, 0.6) is 0 Å². The molecule has 0 aliphatic rings. The van der Waals surface area contributed by atoms with Gasteiger partial charge in [0.1, 0.15) is 9.71 Å². The Morgan fingerprint density at radius 1 is 1.40 bits per heavy atom. The summed E-state index contributed by atoms with van der Waals surface area (Å²) in [5.41, 5.74) is 6.61. The minimum Gasteiger partial charge on any atom is -0.397 e. The van der Waals surface area contributed by atoms with E-state index in [4.69, 9.17) is 5.73 Å². The van der Waals surface area contributed by atoms with Gasteiger partial charge >= 0.3 is 0 Å². The Morgan fingerprint density at radius 2 is 2.25 bits per heavy atom. The molecule has 0 saturated heterocycles. The molecule has 0 fully saturated rings. The van der Waals surface area contributed by atoms with Crippen LogP contribution >= 0.6 is 22.7 Å². The number of nitrogens with two attached hydrogens (primary N) is 1. The van der Waals surface area contributed by atoms with Crippen LogP contribution in [0.4, 0.5) is 5.69 Å². The summed E-state index contributed by atoms with van der Waals surface area (Å²) >= 11 is 2.99. The van der Waals surface area contributed by atoms with Crippen LogP contribution in [0.1, 0.15) is 14.5 Å². The third-order valence-electron chi connectivity index (χ3n) is 3.02. The zero-order valence-electron chi connectivity index (χ0n) is 10.9. The van der Waals surface area contributed by atoms with Crippen LogP contribution < -0.4 is 5.73 Å². The smallest absolute Gasteiger partial charge is 0.266 e. The predicted molar refractivity (Wildman–Crippen MR) is 84.1 cm³/mol. The molecule has 3 heterocycles. The van der Waals surface area contributed by atoms with Crippen molar-refractivity contribution in [1.29, 1.82) is 0 Å². The summed E-state index contributed by atoms with van der Waals surface area (Å²) in [6.07, 6.45) is 1.71. The Balaban J connectivity index is 1.90. The maximum atomic E-state index is 12.5. The molecule has 3 aromatic heterocycles. The van der Waals surface area contributed by atoms with Gasteiger partial charge in [0.05, 0.1) is 12.2 Å². The number of nitrogen functional groups attached to an aromatic ring is 1. The van der Waals surface area contributed by atoms with E-state index in [-0.39, 0.29) is 5.91 Å². The van der Waals surface area contributed by atoms with E-state index in [1.54, 1.807) is 29.5 Å². The van der Waals surface area contributed by atoms with Gasteiger partial charge in [-0.3, -0.25) is 4.79 Å². The van der Waals surface area contributed by atoms with Gasteiger partial charge in [0, 0.05) is 23.5 Å². The number of carbonyl (C=O) groups is 1. The molecule has 2 N–H and O–H groups in total. The molecule has 0 radical (unpaired) electrons. The van der Waals surface area contributed by atoms with Gasteiger partial charge in [0.15, 0.2) is 0 Å². The van der Waals surface area contributed by atoms with Gasteiger partial charge < -0.3 is 10.6 Å². The summed E-state index contributed by atoms with van der Waals surface area (Å²) in [5.74, 6) is -0.0566. The summed E-state index contributed by atoms with van der Waals surface area (Å²) in [6.45, 7) is 0.595. The van der Waals surface area contributed by atoms with E-state index in [1.165, 1.54) is 11.3 Å². The van der Waals surface area contributed by atoms with Gasteiger partial charge in [0.2, 0.25) is 0 Å². The van der Waals surface area contributed by atoms with Crippen molar-refractivity contribution in [1.82, 2.24) is 9.88 Å². The minimum atomic E-state index is -0.0566. The van der Waals surface area contributed by atoms with Crippen molar-refractivity contribution in [2.45, 2.75) is 6.54 Å². The second-order valence-corrected chi connectivity index (χ2v) is 6.47. The molecule has 3 rings (SSSR count). The third-order valence-corrected chi connectivity index (χ3v) is 5.00. The number of pyridine rings is 1. The van der Waals surface area contributed by atoms with Crippen molar-refractivity contribution in [3.8, 4) is 0 Å². The van der Waals surface area contributed by atoms with E-state index in [2.05, 4.69) is 4.98 Å². The molecular formula is C14H13N3OS2. The number of aromatic nitrogens is 1. The second-order valence-electron chi connectivity index (χ2n) is 4.44. The first-order chi connectivity index (χ1) is 9.66. The van der Waals surface area contributed by atoms with E-state index in [0.29, 0.717) is 17.1 Å². The Bertz CT molecular complexity index is 749. The first kappa shape index (κ1) is 13.1. The summed E-state index contributed by atoms with van der Waals surface area (Å²) in [6, 6.07) is 7.72. The van der Waals surface area contributed by atoms with E-state index < -0.39 is 0 Å². The number of carbonyl (C=O) groups excluding carboxylic acids is 1. The van der Waals surface area contributed by atoms with Gasteiger partial charge in [0.25, 0.3) is 5.91 Å². The van der Waals surface area contributed by atoms with Crippen molar-refractivity contribution in [3.05, 3.63) is 45.6 Å². The fourth-order valence-corrected chi connectivity index (χ4v) is 3.81. The lowest BCUT2D eigenvalue weighted by Gasteiger charge is -2.15. The summed E-state index contributed by atoms with van der Waals surface area (Å²) in [7, 11) is 1.79. The lowest BCUT2D eigenvalue weighted by Crippen LogP contribution is -2.25. The molecule has 20 heavy (non-hydrogen) atoms. The van der Waals surface area contributed by atoms with Crippen LogP contribution in [0.25, 0.3) is 10.2 Å². The summed E-state index contributed by atoms with van der Waals surface area (Å²) in [5, 5.41) is 2.86. The van der Waals surface area contributed by atoms with Gasteiger partial charge in [-0.05, 0) is 23.6 Å². The summed E-state index contributed by atoms with van der Waals surface area (Å²) < 4.78 is 0. The van der Waals surface area contributed by atoms with Crippen LogP contribution in [0, 0.1) is 0 Å². The van der Waals surface area contributed by atoms with Crippen LogP contribution in [0.15, 0.2) is 35.8 Å². The number of nitrogens with zero attached hydrogens (tertiary/aromatic N) is 2. The van der Waals surface area contributed by atoms with Gasteiger partial charge in [-0.25, -0.2) is 4.98 Å². The molecule has 102 valence electrons. The molecule has 0 aromatic carbocycles. The molecule has 0 saturated carbocycles. The predicted octanol–water partition coefficient (Wildman–Crippen LogP) is 3.21. The quantitative estimate of drug-likeness (QED) is 0.808. The van der Waals surface area contributed by atoms with E-state index >= 15 is 0 Å². The fraction of sp³-hybridized carbons (Fsp3) is 0.143. The Morgan fingerprint density at radius 3 is 2.95 bits per heavy atom. The highest BCUT2D eigenvalue weighted by Crippen LogP contribution is 2.32. The van der Waals surface area contributed by atoms with E-state index in [1.807, 2.05) is 29.6 Å². The lowest BCUT2D eigenvalue weighted by molar-refractivity contribution is 0.0792. The van der Waals surface area contributed by atoms with E-state index in [0.717, 1.165) is 15.1 Å². The van der Waals surface area contributed by atoms with Crippen molar-refractivity contribution < 1.29 is 4.79 Å². The molecule has 4 nitrogen and oxygen atoms in total. The molecule has 0 bridgehead atoms. The van der Waals surface area contributed by atoms with Crippen molar-refractivity contribution in [2.24, 2.45) is 0 Å². The van der Waals surface area contributed by atoms with Crippen molar-refractivity contribution >= 4 is 44.5 Å². The molecule has 0 aliphatic carbocycles. The number of fused-ring (bicyclic) bond motifs is 1. The highest BCUT2D eigenvalue weighted by molar-refractivity contribution is 7.21. The highest BCUT2D eigenvalue weighted by Gasteiger charge is 2.20. The standard InChI is InChI=1S/C14H13N3OS2/c1-17(8-9-4-3-7-19-9)14(18)12-11(15)10-5-2-6-16-13(10)20-12/h2-7H,8,15H2,1H3. The maximum Gasteiger partial charge on any atom is 0.266 e. The third kappa shape index (κ3) is 2.28. The second kappa shape index (κ2) is 5.22. The molecule has 6 heteroatoms. The van der Waals surface area contributed by atoms with Crippen LogP contribution in [-0.2, 0) is 6.54 Å². The minimum absolute atomic E-state index is 0.0566. The monoisotopic (exact) mass is 303 g/mol. The number of thiophene rings is 2. The maximum absolute atomic E-state index is 12.5. The van der Waals surface area contributed by atoms with E-state index in [9.17, 15) is 4.79 Å².